The largest absolute Gasteiger partial charge is 0.338 e. The lowest BCUT2D eigenvalue weighted by Crippen LogP contribution is -2.39. The minimum Gasteiger partial charge on any atom is -0.338 e. The molecule has 0 rings (SSSR count). The highest BCUT2D eigenvalue weighted by Gasteiger charge is 2.11. The van der Waals surface area contributed by atoms with Gasteiger partial charge in [-0.1, -0.05) is 53.5 Å². The Hall–Kier alpha value is -0.235. The Bertz CT molecular complexity index is 156. The Morgan fingerprint density at radius 3 is 2.13 bits per heavy atom. The molecular weight excluding hydrogens is 181 g/mol. The molecule has 1 nitrogen and oxygen atoms in total. The summed E-state index contributed by atoms with van der Waals surface area (Å²) in [7, 11) is 2.22. The molecule has 0 aromatic carbocycles. The van der Waals surface area contributed by atoms with Crippen LogP contribution < -0.4 is 0 Å². The number of hydrogen-bond donors (Lipinski definition) is 0. The first-order valence-electron chi connectivity index (χ1n) is 6.37. The van der Waals surface area contributed by atoms with Crippen LogP contribution in [0.2, 0.25) is 0 Å². The van der Waals surface area contributed by atoms with Gasteiger partial charge in [-0.2, -0.15) is 0 Å². The maximum Gasteiger partial charge on any atom is 0.239 e. The van der Waals surface area contributed by atoms with Crippen LogP contribution >= 0.6 is 0 Å². The van der Waals surface area contributed by atoms with E-state index in [1.807, 2.05) is 0 Å². The average molecular weight is 208 g/mol. The SMILES string of the molecule is CCCCC/C=C/[B]N(C(C)C)C(C)C. The van der Waals surface area contributed by atoms with E-state index in [1.54, 1.807) is 0 Å². The van der Waals surface area contributed by atoms with Gasteiger partial charge in [0.1, 0.15) is 0 Å². The molecule has 1 radical (unpaired) electrons. The van der Waals surface area contributed by atoms with Crippen molar-refractivity contribution in [2.45, 2.75) is 72.4 Å². The van der Waals surface area contributed by atoms with Gasteiger partial charge in [0.2, 0.25) is 7.41 Å². The molecule has 2 heteroatoms. The van der Waals surface area contributed by atoms with Crippen molar-refractivity contribution in [3.05, 3.63) is 12.1 Å². The molecule has 0 N–H and O–H groups in total. The van der Waals surface area contributed by atoms with Gasteiger partial charge in [0.05, 0.1) is 0 Å². The van der Waals surface area contributed by atoms with Crippen molar-refractivity contribution < 1.29 is 0 Å². The summed E-state index contributed by atoms with van der Waals surface area (Å²) in [6.45, 7) is 11.2. The number of unbranched alkanes of at least 4 members (excludes halogenated alkanes) is 3. The highest BCUT2D eigenvalue weighted by Crippen LogP contribution is 2.04. The third-order valence-corrected chi connectivity index (χ3v) is 2.56. The van der Waals surface area contributed by atoms with Crippen LogP contribution in [0.1, 0.15) is 60.3 Å². The summed E-state index contributed by atoms with van der Waals surface area (Å²) in [4.78, 5) is 2.39. The monoisotopic (exact) mass is 208 g/mol. The zero-order chi connectivity index (χ0) is 11.7. The molecule has 87 valence electrons. The van der Waals surface area contributed by atoms with Crippen LogP contribution in [0.3, 0.4) is 0 Å². The molecule has 0 aliphatic heterocycles. The summed E-state index contributed by atoms with van der Waals surface area (Å²) in [5, 5.41) is 0. The van der Waals surface area contributed by atoms with Crippen molar-refractivity contribution in [2.75, 3.05) is 0 Å². The fraction of sp³-hybridized carbons (Fsp3) is 0.846. The number of allylic oxidation sites excluding steroid dienone is 1. The third-order valence-electron chi connectivity index (χ3n) is 2.56. The molecular formula is C13H27BN. The van der Waals surface area contributed by atoms with E-state index in [0.717, 1.165) is 0 Å². The van der Waals surface area contributed by atoms with Crippen molar-refractivity contribution in [2.24, 2.45) is 0 Å². The lowest BCUT2D eigenvalue weighted by molar-refractivity contribution is 0.315. The van der Waals surface area contributed by atoms with Gasteiger partial charge in [-0.15, -0.1) is 5.98 Å². The molecule has 0 atom stereocenters. The molecule has 0 heterocycles. The maximum absolute atomic E-state index is 2.39. The minimum absolute atomic E-state index is 0.588. The van der Waals surface area contributed by atoms with Crippen LogP contribution in [0.15, 0.2) is 12.1 Å². The fourth-order valence-corrected chi connectivity index (χ4v) is 1.71. The topological polar surface area (TPSA) is 3.24 Å². The van der Waals surface area contributed by atoms with Crippen molar-refractivity contribution in [1.29, 1.82) is 0 Å². The average Bonchev–Trinajstić information content (AvgIpc) is 2.15. The predicted octanol–water partition coefficient (Wildman–Crippen LogP) is 3.82. The predicted molar refractivity (Wildman–Crippen MR) is 71.1 cm³/mol. The van der Waals surface area contributed by atoms with Crippen LogP contribution in [0.25, 0.3) is 0 Å². The summed E-state index contributed by atoms with van der Waals surface area (Å²) < 4.78 is 0. The van der Waals surface area contributed by atoms with E-state index in [9.17, 15) is 0 Å². The quantitative estimate of drug-likeness (QED) is 0.433. The second-order valence-electron chi connectivity index (χ2n) is 4.71. The first kappa shape index (κ1) is 14.8. The second kappa shape index (κ2) is 9.02. The lowest BCUT2D eigenvalue weighted by atomic mass is 9.86. The molecule has 0 aromatic heterocycles. The number of nitrogens with zero attached hydrogens (tertiary/aromatic N) is 1. The molecule has 15 heavy (non-hydrogen) atoms. The van der Waals surface area contributed by atoms with E-state index in [2.05, 4.69) is 58.9 Å². The van der Waals surface area contributed by atoms with E-state index < -0.39 is 0 Å². The van der Waals surface area contributed by atoms with Crippen LogP contribution in [0.5, 0.6) is 0 Å². The van der Waals surface area contributed by atoms with Crippen LogP contribution in [0, 0.1) is 0 Å². The Labute approximate surface area is 97.2 Å². The molecule has 0 unspecified atom stereocenters. The molecule has 0 aromatic rings. The summed E-state index contributed by atoms with van der Waals surface area (Å²) >= 11 is 0. The van der Waals surface area contributed by atoms with Gasteiger partial charge in [-0.3, -0.25) is 0 Å². The Morgan fingerprint density at radius 1 is 1.07 bits per heavy atom. The molecule has 0 amide bonds. The first-order chi connectivity index (χ1) is 7.09. The second-order valence-corrected chi connectivity index (χ2v) is 4.71. The zero-order valence-electron chi connectivity index (χ0n) is 11.2. The van der Waals surface area contributed by atoms with Crippen molar-refractivity contribution in [1.82, 2.24) is 4.81 Å². The van der Waals surface area contributed by atoms with Gasteiger partial charge in [0.25, 0.3) is 0 Å². The molecule has 0 fully saturated rings. The molecule has 0 aliphatic carbocycles. The van der Waals surface area contributed by atoms with Crippen molar-refractivity contribution in [3.8, 4) is 0 Å². The fourth-order valence-electron chi connectivity index (χ4n) is 1.71. The zero-order valence-corrected chi connectivity index (χ0v) is 11.2. The van der Waals surface area contributed by atoms with Gasteiger partial charge in [-0.05, 0) is 24.9 Å². The summed E-state index contributed by atoms with van der Waals surface area (Å²) in [5.74, 6) is 2.20. The highest BCUT2D eigenvalue weighted by molar-refractivity contribution is 6.38. The Kier molecular flexibility index (Phi) is 8.88. The van der Waals surface area contributed by atoms with Gasteiger partial charge >= 0.3 is 0 Å². The normalized spacial score (nSPS) is 12.3. The Balaban J connectivity index is 3.69. The summed E-state index contributed by atoms with van der Waals surface area (Å²) in [5.41, 5.74) is 0. The van der Waals surface area contributed by atoms with Crippen molar-refractivity contribution in [3.63, 3.8) is 0 Å². The van der Waals surface area contributed by atoms with Gasteiger partial charge < -0.3 is 4.81 Å². The Morgan fingerprint density at radius 2 is 1.67 bits per heavy atom. The van der Waals surface area contributed by atoms with Crippen molar-refractivity contribution >= 4 is 7.41 Å². The van der Waals surface area contributed by atoms with Gasteiger partial charge in [0, 0.05) is 0 Å². The number of rotatable bonds is 8. The third kappa shape index (κ3) is 7.67. The molecule has 0 spiro atoms. The van der Waals surface area contributed by atoms with E-state index in [-0.39, 0.29) is 0 Å². The van der Waals surface area contributed by atoms with E-state index in [0.29, 0.717) is 12.1 Å². The van der Waals surface area contributed by atoms with E-state index in [1.165, 1.54) is 25.7 Å². The van der Waals surface area contributed by atoms with Crippen LogP contribution in [-0.2, 0) is 0 Å². The van der Waals surface area contributed by atoms with E-state index in [4.69, 9.17) is 0 Å². The molecule has 0 saturated heterocycles. The summed E-state index contributed by atoms with van der Waals surface area (Å²) in [6, 6.07) is 1.18. The lowest BCUT2D eigenvalue weighted by Gasteiger charge is -2.28. The van der Waals surface area contributed by atoms with E-state index >= 15 is 0 Å². The summed E-state index contributed by atoms with van der Waals surface area (Å²) in [6.07, 6.45) is 7.48. The first-order valence-corrected chi connectivity index (χ1v) is 6.37. The molecule has 0 aliphatic rings. The van der Waals surface area contributed by atoms with Crippen LogP contribution in [0.4, 0.5) is 0 Å². The minimum atomic E-state index is 0.588. The number of hydrogen-bond acceptors (Lipinski definition) is 1. The van der Waals surface area contributed by atoms with Crippen LogP contribution in [-0.4, -0.2) is 24.3 Å². The van der Waals surface area contributed by atoms with Gasteiger partial charge in [-0.25, -0.2) is 0 Å². The van der Waals surface area contributed by atoms with Gasteiger partial charge in [0.15, 0.2) is 0 Å². The smallest absolute Gasteiger partial charge is 0.239 e. The molecule has 0 saturated carbocycles. The highest BCUT2D eigenvalue weighted by atomic mass is 15.1. The maximum atomic E-state index is 2.39. The standard InChI is InChI=1S/C13H27BN/c1-6-7-8-9-10-11-14-15(12(2)3)13(4)5/h10-13H,6-9H2,1-5H3/b11-10+. The molecule has 0 bridgehead atoms.